The van der Waals surface area contributed by atoms with Crippen LogP contribution in [0, 0.1) is 0 Å². The summed E-state index contributed by atoms with van der Waals surface area (Å²) >= 11 is 13.3. The van der Waals surface area contributed by atoms with E-state index in [-0.39, 0.29) is 0 Å². The van der Waals surface area contributed by atoms with E-state index in [4.69, 9.17) is 0 Å². The molecule has 0 bridgehead atoms. The predicted molar refractivity (Wildman–Crippen MR) is 278 cm³/mol. The van der Waals surface area contributed by atoms with Gasteiger partial charge in [0.05, 0.1) is 34.1 Å². The summed E-state index contributed by atoms with van der Waals surface area (Å²) in [6, 6.07) is 42.2. The molecule has 320 valence electrons. The third kappa shape index (κ3) is 9.42. The molecule has 9 rings (SSSR count). The highest BCUT2D eigenvalue weighted by atomic mass is 79.9. The van der Waals surface area contributed by atoms with E-state index in [1.54, 1.807) is 0 Å². The van der Waals surface area contributed by atoms with Crippen molar-refractivity contribution in [3.8, 4) is 22.3 Å². The SMILES string of the molecule is CCCCCCN1c2ccc(Br)cc2Sc2cc(-c3ccc4c(c3)Sc3cc(-c5ccc6c(c5)Sc5cc(Br)ccc5N6CCCCCC)ccc3N4CCCCCC)ccc21. The average Bonchev–Trinajstić information content (AvgIpc) is 3.28. The fourth-order valence-corrected chi connectivity index (χ4v) is 13.7. The predicted octanol–water partition coefficient (Wildman–Crippen LogP) is 19.1. The first-order valence-corrected chi connectivity index (χ1v) is 27.0. The zero-order chi connectivity index (χ0) is 42.6. The normalized spacial score (nSPS) is 13.6. The molecule has 0 aliphatic carbocycles. The zero-order valence-corrected chi connectivity index (χ0v) is 41.9. The lowest BCUT2D eigenvalue weighted by Gasteiger charge is -2.34. The van der Waals surface area contributed by atoms with Crippen molar-refractivity contribution in [1.29, 1.82) is 0 Å². The molecule has 0 fully saturated rings. The van der Waals surface area contributed by atoms with Gasteiger partial charge in [0.2, 0.25) is 0 Å². The maximum Gasteiger partial charge on any atom is 0.0553 e. The summed E-state index contributed by atoms with van der Waals surface area (Å²) in [5.41, 5.74) is 13.1. The Labute approximate surface area is 400 Å². The van der Waals surface area contributed by atoms with Gasteiger partial charge in [0.1, 0.15) is 0 Å². The number of nitrogens with zero attached hydrogens (tertiary/aromatic N) is 3. The van der Waals surface area contributed by atoms with Crippen LogP contribution in [0.3, 0.4) is 0 Å². The minimum atomic E-state index is 1.02. The van der Waals surface area contributed by atoms with Crippen molar-refractivity contribution in [2.75, 3.05) is 34.3 Å². The minimum Gasteiger partial charge on any atom is -0.340 e. The van der Waals surface area contributed by atoms with Crippen LogP contribution in [0.4, 0.5) is 34.1 Å². The average molecular weight is 1000 g/mol. The third-order valence-corrected chi connectivity index (χ3v) is 16.7. The zero-order valence-electron chi connectivity index (χ0n) is 36.3. The molecule has 6 aromatic carbocycles. The second-order valence-electron chi connectivity index (χ2n) is 16.9. The Morgan fingerprint density at radius 3 is 0.855 bits per heavy atom. The maximum atomic E-state index is 3.76. The molecule has 0 spiro atoms. The lowest BCUT2D eigenvalue weighted by Crippen LogP contribution is -2.22. The van der Waals surface area contributed by atoms with Gasteiger partial charge in [-0.1, -0.05) is 170 Å². The van der Waals surface area contributed by atoms with Crippen LogP contribution in [0.5, 0.6) is 0 Å². The van der Waals surface area contributed by atoms with Crippen LogP contribution in [0.25, 0.3) is 22.3 Å². The van der Waals surface area contributed by atoms with E-state index in [0.717, 1.165) is 28.6 Å². The van der Waals surface area contributed by atoms with E-state index in [9.17, 15) is 0 Å². The van der Waals surface area contributed by atoms with Gasteiger partial charge in [-0.05, 0) is 126 Å². The molecule has 0 aromatic heterocycles. The van der Waals surface area contributed by atoms with Gasteiger partial charge < -0.3 is 14.7 Å². The summed E-state index contributed by atoms with van der Waals surface area (Å²) in [6.07, 6.45) is 15.0. The van der Waals surface area contributed by atoms with Crippen LogP contribution in [-0.2, 0) is 0 Å². The first-order valence-electron chi connectivity index (χ1n) is 22.9. The summed E-state index contributed by atoms with van der Waals surface area (Å²) in [4.78, 5) is 15.7. The van der Waals surface area contributed by atoms with Crippen LogP contribution >= 0.6 is 67.1 Å². The fraction of sp³-hybridized carbons (Fsp3) is 0.333. The molecule has 62 heavy (non-hydrogen) atoms. The quantitative estimate of drug-likeness (QED) is 0.0837. The number of benzene rings is 6. The monoisotopic (exact) mass is 1000 g/mol. The lowest BCUT2D eigenvalue weighted by molar-refractivity contribution is 0.665. The molecule has 3 aliphatic heterocycles. The number of hydrogen-bond donors (Lipinski definition) is 0. The van der Waals surface area contributed by atoms with E-state index in [2.05, 4.69) is 177 Å². The highest BCUT2D eigenvalue weighted by Gasteiger charge is 2.28. The van der Waals surface area contributed by atoms with Crippen LogP contribution in [-0.4, -0.2) is 19.6 Å². The van der Waals surface area contributed by atoms with E-state index in [0.29, 0.717) is 0 Å². The largest absolute Gasteiger partial charge is 0.340 e. The smallest absolute Gasteiger partial charge is 0.0553 e. The number of unbranched alkanes of at least 4 members (excludes halogenated alkanes) is 9. The van der Waals surface area contributed by atoms with Crippen LogP contribution in [0.2, 0.25) is 0 Å². The summed E-state index contributed by atoms with van der Waals surface area (Å²) < 4.78 is 2.27. The van der Waals surface area contributed by atoms with Gasteiger partial charge in [-0.2, -0.15) is 0 Å². The van der Waals surface area contributed by atoms with Gasteiger partial charge in [-0.3, -0.25) is 0 Å². The molecule has 3 aliphatic rings. The molecule has 0 atom stereocenters. The van der Waals surface area contributed by atoms with Crippen molar-refractivity contribution >= 4 is 101 Å². The van der Waals surface area contributed by atoms with Gasteiger partial charge in [0.25, 0.3) is 0 Å². The molecule has 0 unspecified atom stereocenters. The Bertz CT molecular complexity index is 2390. The molecule has 3 nitrogen and oxygen atoms in total. The number of hydrogen-bond acceptors (Lipinski definition) is 6. The Hall–Kier alpha value is -3.27. The fourth-order valence-electron chi connectivity index (χ4n) is 9.14. The lowest BCUT2D eigenvalue weighted by atomic mass is 10.0. The molecule has 0 N–H and O–H groups in total. The summed E-state index contributed by atoms with van der Waals surface area (Å²) in [5.74, 6) is 0. The molecule has 0 radical (unpaired) electrons. The summed E-state index contributed by atoms with van der Waals surface area (Å²) in [6.45, 7) is 9.99. The van der Waals surface area contributed by atoms with Crippen molar-refractivity contribution in [2.45, 2.75) is 127 Å². The molecular formula is C54H57Br2N3S3. The molecule has 0 saturated carbocycles. The van der Waals surface area contributed by atoms with Crippen molar-refractivity contribution in [3.05, 3.63) is 118 Å². The highest BCUT2D eigenvalue weighted by molar-refractivity contribution is 9.10. The number of anilines is 6. The van der Waals surface area contributed by atoms with E-state index >= 15 is 0 Å². The summed E-state index contributed by atoms with van der Waals surface area (Å²) in [5, 5.41) is 0. The molecular weight excluding hydrogens is 947 g/mol. The topological polar surface area (TPSA) is 9.72 Å². The highest BCUT2D eigenvalue weighted by Crippen LogP contribution is 2.54. The second-order valence-corrected chi connectivity index (χ2v) is 22.0. The van der Waals surface area contributed by atoms with Crippen molar-refractivity contribution in [3.63, 3.8) is 0 Å². The third-order valence-electron chi connectivity index (χ3n) is 12.5. The van der Waals surface area contributed by atoms with Crippen molar-refractivity contribution < 1.29 is 0 Å². The summed E-state index contributed by atoms with van der Waals surface area (Å²) in [7, 11) is 0. The van der Waals surface area contributed by atoms with Crippen molar-refractivity contribution in [1.82, 2.24) is 0 Å². The Morgan fingerprint density at radius 2 is 0.581 bits per heavy atom. The van der Waals surface area contributed by atoms with E-state index < -0.39 is 0 Å². The van der Waals surface area contributed by atoms with Crippen molar-refractivity contribution in [2.24, 2.45) is 0 Å². The standard InChI is InChI=1S/C54H57Br2N3S3/c1-4-7-10-13-28-57-43-22-16-37(39-18-24-45-51(33-39)61-53-35-41(55)20-26-47(53)58(45)29-14-11-8-5-2)31-49(43)60-50-32-38(17-23-44(50)57)40-19-25-46-52(34-40)62-54-36-42(56)21-27-48(54)59(46)30-15-12-9-6-3/h16-27,31-36H,4-15,28-30H2,1-3H3. The Morgan fingerprint density at radius 1 is 0.323 bits per heavy atom. The number of halogens is 2. The maximum absolute atomic E-state index is 3.76. The van der Waals surface area contributed by atoms with Gasteiger partial charge in [-0.15, -0.1) is 0 Å². The number of rotatable bonds is 17. The second kappa shape index (κ2) is 20.3. The van der Waals surface area contributed by atoms with Gasteiger partial charge >= 0.3 is 0 Å². The van der Waals surface area contributed by atoms with Gasteiger partial charge in [-0.25, -0.2) is 0 Å². The van der Waals surface area contributed by atoms with E-state index in [1.165, 1.54) is 163 Å². The molecule has 8 heteroatoms. The Balaban J connectivity index is 1.03. The number of fused-ring (bicyclic) bond motifs is 6. The first-order chi connectivity index (χ1) is 30.4. The van der Waals surface area contributed by atoms with Crippen LogP contribution < -0.4 is 14.7 Å². The van der Waals surface area contributed by atoms with Crippen LogP contribution in [0.1, 0.15) is 97.8 Å². The van der Waals surface area contributed by atoms with Gasteiger partial charge in [0.15, 0.2) is 0 Å². The van der Waals surface area contributed by atoms with Gasteiger partial charge in [0, 0.05) is 58.0 Å². The molecule has 0 amide bonds. The molecule has 0 saturated heterocycles. The first kappa shape index (κ1) is 44.0. The van der Waals surface area contributed by atoms with Crippen LogP contribution in [0.15, 0.2) is 148 Å². The van der Waals surface area contributed by atoms with E-state index in [1.807, 2.05) is 35.3 Å². The minimum absolute atomic E-state index is 1.02. The Kier molecular flexibility index (Phi) is 14.4. The molecule has 6 aromatic rings. The molecule has 3 heterocycles.